The molecule has 0 spiro atoms. The first-order valence-corrected chi connectivity index (χ1v) is 5.75. The lowest BCUT2D eigenvalue weighted by Crippen LogP contribution is -1.86. The summed E-state index contributed by atoms with van der Waals surface area (Å²) in [4.78, 5) is 4.53. The van der Waals surface area contributed by atoms with Crippen molar-refractivity contribution in [3.63, 3.8) is 0 Å². The van der Waals surface area contributed by atoms with Crippen molar-refractivity contribution >= 4 is 5.52 Å². The molecule has 3 rings (SSSR count). The summed E-state index contributed by atoms with van der Waals surface area (Å²) in [5, 5.41) is 0. The molecule has 0 fully saturated rings. The Morgan fingerprint density at radius 1 is 1.06 bits per heavy atom. The van der Waals surface area contributed by atoms with Crippen molar-refractivity contribution in [1.82, 2.24) is 9.38 Å². The highest BCUT2D eigenvalue weighted by Crippen LogP contribution is 2.26. The second kappa shape index (κ2) is 3.74. The van der Waals surface area contributed by atoms with Gasteiger partial charge in [0.1, 0.15) is 0 Å². The van der Waals surface area contributed by atoms with E-state index < -0.39 is 0 Å². The third-order valence-electron chi connectivity index (χ3n) is 3.09. The first-order chi connectivity index (χ1) is 8.25. The summed E-state index contributed by atoms with van der Waals surface area (Å²) in [7, 11) is 0. The van der Waals surface area contributed by atoms with Gasteiger partial charge >= 0.3 is 0 Å². The largest absolute Gasteiger partial charge is 0.306 e. The van der Waals surface area contributed by atoms with Crippen LogP contribution in [-0.4, -0.2) is 9.38 Å². The minimum absolute atomic E-state index is 1.06. The van der Waals surface area contributed by atoms with Gasteiger partial charge in [-0.1, -0.05) is 23.8 Å². The SMILES string of the molecule is Cc1ccc(C)c(-c2ncn3ccccc23)c1. The molecule has 2 nitrogen and oxygen atoms in total. The maximum atomic E-state index is 4.53. The summed E-state index contributed by atoms with van der Waals surface area (Å²) in [5.74, 6) is 0. The van der Waals surface area contributed by atoms with Crippen LogP contribution in [0.1, 0.15) is 11.1 Å². The van der Waals surface area contributed by atoms with Crippen LogP contribution in [0.4, 0.5) is 0 Å². The van der Waals surface area contributed by atoms with E-state index >= 15 is 0 Å². The average Bonchev–Trinajstić information content (AvgIpc) is 2.76. The molecule has 2 aromatic heterocycles. The van der Waals surface area contributed by atoms with Gasteiger partial charge in [0.15, 0.2) is 0 Å². The summed E-state index contributed by atoms with van der Waals surface area (Å²) >= 11 is 0. The molecule has 2 heteroatoms. The van der Waals surface area contributed by atoms with E-state index in [9.17, 15) is 0 Å². The van der Waals surface area contributed by atoms with Crippen molar-refractivity contribution in [2.75, 3.05) is 0 Å². The fraction of sp³-hybridized carbons (Fsp3) is 0.133. The summed E-state index contributed by atoms with van der Waals surface area (Å²) in [6.45, 7) is 4.24. The minimum Gasteiger partial charge on any atom is -0.306 e. The highest BCUT2D eigenvalue weighted by molar-refractivity contribution is 5.79. The number of fused-ring (bicyclic) bond motifs is 1. The van der Waals surface area contributed by atoms with Crippen molar-refractivity contribution < 1.29 is 0 Å². The maximum Gasteiger partial charge on any atom is 0.0999 e. The smallest absolute Gasteiger partial charge is 0.0999 e. The van der Waals surface area contributed by atoms with Crippen molar-refractivity contribution in [3.8, 4) is 11.3 Å². The van der Waals surface area contributed by atoms with Gasteiger partial charge in [0.05, 0.1) is 17.5 Å². The Bertz CT molecular complexity index is 680. The van der Waals surface area contributed by atoms with Crippen molar-refractivity contribution in [2.24, 2.45) is 0 Å². The van der Waals surface area contributed by atoms with Crippen LogP contribution in [0.2, 0.25) is 0 Å². The van der Waals surface area contributed by atoms with Crippen LogP contribution in [0.5, 0.6) is 0 Å². The lowest BCUT2D eigenvalue weighted by atomic mass is 10.0. The Hall–Kier alpha value is -2.09. The van der Waals surface area contributed by atoms with Crippen LogP contribution >= 0.6 is 0 Å². The van der Waals surface area contributed by atoms with E-state index in [0.29, 0.717) is 0 Å². The van der Waals surface area contributed by atoms with E-state index in [1.165, 1.54) is 16.7 Å². The number of pyridine rings is 1. The number of imidazole rings is 1. The van der Waals surface area contributed by atoms with Crippen LogP contribution in [0.15, 0.2) is 48.9 Å². The number of aromatic nitrogens is 2. The lowest BCUT2D eigenvalue weighted by molar-refractivity contribution is 1.15. The van der Waals surface area contributed by atoms with E-state index in [4.69, 9.17) is 0 Å². The molecule has 0 bridgehead atoms. The Balaban J connectivity index is 2.31. The van der Waals surface area contributed by atoms with Crippen LogP contribution in [0.3, 0.4) is 0 Å². The Morgan fingerprint density at radius 3 is 2.82 bits per heavy atom. The standard InChI is InChI=1S/C15H14N2/c1-11-6-7-12(2)13(9-11)15-14-5-3-4-8-17(14)10-16-15/h3-10H,1-2H3. The van der Waals surface area contributed by atoms with Crippen LogP contribution < -0.4 is 0 Å². The molecule has 84 valence electrons. The van der Waals surface area contributed by atoms with Gasteiger partial charge in [-0.05, 0) is 37.6 Å². The molecule has 0 saturated heterocycles. The number of rotatable bonds is 1. The van der Waals surface area contributed by atoms with Crippen LogP contribution in [-0.2, 0) is 0 Å². The minimum atomic E-state index is 1.06. The average molecular weight is 222 g/mol. The van der Waals surface area contributed by atoms with Gasteiger partial charge in [-0.25, -0.2) is 4.98 Å². The molecule has 0 aliphatic heterocycles. The van der Waals surface area contributed by atoms with Crippen molar-refractivity contribution in [1.29, 1.82) is 0 Å². The maximum absolute atomic E-state index is 4.53. The zero-order valence-corrected chi connectivity index (χ0v) is 10.0. The Morgan fingerprint density at radius 2 is 1.94 bits per heavy atom. The number of hydrogen-bond donors (Lipinski definition) is 0. The summed E-state index contributed by atoms with van der Waals surface area (Å²) < 4.78 is 2.05. The monoisotopic (exact) mass is 222 g/mol. The zero-order chi connectivity index (χ0) is 11.8. The molecule has 0 saturated carbocycles. The molecule has 0 N–H and O–H groups in total. The molecule has 0 amide bonds. The third kappa shape index (κ3) is 1.62. The van der Waals surface area contributed by atoms with Gasteiger partial charge in [0.2, 0.25) is 0 Å². The summed E-state index contributed by atoms with van der Waals surface area (Å²) in [6.07, 6.45) is 3.89. The highest BCUT2D eigenvalue weighted by Gasteiger charge is 2.08. The van der Waals surface area contributed by atoms with Crippen molar-refractivity contribution in [2.45, 2.75) is 13.8 Å². The molecule has 0 aliphatic carbocycles. The fourth-order valence-corrected chi connectivity index (χ4v) is 2.14. The second-order valence-corrected chi connectivity index (χ2v) is 4.40. The number of nitrogens with zero attached hydrogens (tertiary/aromatic N) is 2. The Labute approximate surface area is 101 Å². The fourth-order valence-electron chi connectivity index (χ4n) is 2.14. The number of aryl methyl sites for hydroxylation is 2. The number of benzene rings is 1. The van der Waals surface area contributed by atoms with Crippen LogP contribution in [0.25, 0.3) is 16.8 Å². The normalized spacial score (nSPS) is 10.9. The molecule has 0 unspecified atom stereocenters. The third-order valence-corrected chi connectivity index (χ3v) is 3.09. The van der Waals surface area contributed by atoms with Gasteiger partial charge in [-0.15, -0.1) is 0 Å². The zero-order valence-electron chi connectivity index (χ0n) is 10.0. The van der Waals surface area contributed by atoms with Gasteiger partial charge in [0, 0.05) is 11.8 Å². The predicted molar refractivity (Wildman–Crippen MR) is 70.1 cm³/mol. The van der Waals surface area contributed by atoms with Crippen LogP contribution in [0, 0.1) is 13.8 Å². The van der Waals surface area contributed by atoms with E-state index in [1.54, 1.807) is 0 Å². The summed E-state index contributed by atoms with van der Waals surface area (Å²) in [6, 6.07) is 12.7. The topological polar surface area (TPSA) is 17.3 Å². The molecule has 0 radical (unpaired) electrons. The highest BCUT2D eigenvalue weighted by atomic mass is 15.0. The second-order valence-electron chi connectivity index (χ2n) is 4.40. The molecule has 17 heavy (non-hydrogen) atoms. The van der Waals surface area contributed by atoms with E-state index in [0.717, 1.165) is 11.2 Å². The lowest BCUT2D eigenvalue weighted by Gasteiger charge is -2.05. The first-order valence-electron chi connectivity index (χ1n) is 5.75. The molecule has 0 atom stereocenters. The Kier molecular flexibility index (Phi) is 2.22. The van der Waals surface area contributed by atoms with Crippen molar-refractivity contribution in [3.05, 3.63) is 60.0 Å². The molecule has 3 aromatic rings. The van der Waals surface area contributed by atoms with Gasteiger partial charge in [-0.3, -0.25) is 0 Å². The molecular weight excluding hydrogens is 208 g/mol. The molecular formula is C15H14N2. The summed E-state index contributed by atoms with van der Waals surface area (Å²) in [5.41, 5.74) is 5.97. The van der Waals surface area contributed by atoms with E-state index in [1.807, 2.05) is 24.7 Å². The quantitative estimate of drug-likeness (QED) is 0.614. The van der Waals surface area contributed by atoms with Gasteiger partial charge in [-0.2, -0.15) is 0 Å². The molecule has 2 heterocycles. The van der Waals surface area contributed by atoms with E-state index in [-0.39, 0.29) is 0 Å². The van der Waals surface area contributed by atoms with E-state index in [2.05, 4.69) is 47.5 Å². The predicted octanol–water partition coefficient (Wildman–Crippen LogP) is 3.62. The first kappa shape index (κ1) is 10.1. The molecule has 1 aromatic carbocycles. The van der Waals surface area contributed by atoms with Gasteiger partial charge in [0.25, 0.3) is 0 Å². The van der Waals surface area contributed by atoms with Gasteiger partial charge < -0.3 is 4.40 Å². The molecule has 0 aliphatic rings. The number of hydrogen-bond acceptors (Lipinski definition) is 1.